The highest BCUT2D eigenvalue weighted by molar-refractivity contribution is 14.0. The zero-order valence-corrected chi connectivity index (χ0v) is 27.7. The Hall–Kier alpha value is 0.160. The van der Waals surface area contributed by atoms with Gasteiger partial charge in [0.1, 0.15) is 0 Å². The van der Waals surface area contributed by atoms with E-state index in [1.54, 1.807) is 0 Å². The van der Waals surface area contributed by atoms with Gasteiger partial charge >= 0.3 is 0 Å². The number of nitrogens with one attached hydrogen (secondary N) is 1. The first kappa shape index (κ1) is 31.7. The second-order valence-corrected chi connectivity index (χ2v) is 14.7. The molecule has 1 N–H and O–H groups in total. The number of carbonyl (C=O) groups is 1. The maximum absolute atomic E-state index is 12.7. The molecule has 0 aromatic heterocycles. The van der Waals surface area contributed by atoms with Crippen LogP contribution in [0.1, 0.15) is 124 Å². The Labute approximate surface area is 247 Å². The van der Waals surface area contributed by atoms with Gasteiger partial charge in [-0.1, -0.05) is 47.0 Å². The first-order valence-corrected chi connectivity index (χ1v) is 16.1. The molecule has 4 aliphatic rings. The zero-order chi connectivity index (χ0) is 25.9. The molecule has 4 fully saturated rings. The Bertz CT molecular complexity index is 727. The van der Waals surface area contributed by atoms with Crippen LogP contribution in [0.15, 0.2) is 0 Å². The van der Waals surface area contributed by atoms with Gasteiger partial charge in [-0.25, -0.2) is 0 Å². The van der Waals surface area contributed by atoms with Crippen LogP contribution in [0.2, 0.25) is 0 Å². The Morgan fingerprint density at radius 1 is 0.919 bits per heavy atom. The summed E-state index contributed by atoms with van der Waals surface area (Å²) in [4.78, 5) is 15.0. The SMILES string of the molecule is CCC(CCNC(=O)CC[C@@H](C)[C@H]1CCC2C3CCC4CCCC[C@]4(C)C3CC[C@@]21C)CCN(C)C.I. The molecular weight excluding hydrogens is 567 g/mol. The quantitative estimate of drug-likeness (QED) is 0.233. The van der Waals surface area contributed by atoms with Gasteiger partial charge < -0.3 is 10.2 Å². The van der Waals surface area contributed by atoms with E-state index in [0.717, 1.165) is 67.9 Å². The summed E-state index contributed by atoms with van der Waals surface area (Å²) in [5.41, 5.74) is 1.17. The molecule has 0 radical (unpaired) electrons. The third kappa shape index (κ3) is 6.91. The molecule has 0 bridgehead atoms. The molecule has 1 amide bonds. The van der Waals surface area contributed by atoms with Crippen LogP contribution in [0.5, 0.6) is 0 Å². The molecule has 0 aromatic carbocycles. The van der Waals surface area contributed by atoms with Crippen LogP contribution in [0, 0.1) is 52.3 Å². The van der Waals surface area contributed by atoms with Crippen molar-refractivity contribution in [2.75, 3.05) is 27.2 Å². The van der Waals surface area contributed by atoms with Crippen molar-refractivity contribution in [1.82, 2.24) is 10.2 Å². The van der Waals surface area contributed by atoms with Crippen LogP contribution in [0.25, 0.3) is 0 Å². The fraction of sp³-hybridized carbons (Fsp3) is 0.970. The molecule has 4 aliphatic carbocycles. The number of hydrogen-bond donors (Lipinski definition) is 1. The predicted molar refractivity (Wildman–Crippen MR) is 168 cm³/mol. The van der Waals surface area contributed by atoms with Crippen molar-refractivity contribution in [3.8, 4) is 0 Å². The van der Waals surface area contributed by atoms with Crippen molar-refractivity contribution < 1.29 is 4.79 Å². The van der Waals surface area contributed by atoms with Crippen LogP contribution in [-0.4, -0.2) is 38.0 Å². The third-order valence-corrected chi connectivity index (χ3v) is 12.6. The van der Waals surface area contributed by atoms with Gasteiger partial charge in [0, 0.05) is 13.0 Å². The monoisotopic (exact) mass is 628 g/mol. The minimum absolute atomic E-state index is 0. The van der Waals surface area contributed by atoms with E-state index < -0.39 is 0 Å². The summed E-state index contributed by atoms with van der Waals surface area (Å²) < 4.78 is 0. The van der Waals surface area contributed by atoms with Crippen LogP contribution >= 0.6 is 24.0 Å². The number of amides is 1. The molecule has 216 valence electrons. The molecule has 9 atom stereocenters. The van der Waals surface area contributed by atoms with Gasteiger partial charge in [-0.05, 0) is 144 Å². The van der Waals surface area contributed by atoms with Crippen LogP contribution in [-0.2, 0) is 4.79 Å². The molecule has 4 heteroatoms. The smallest absolute Gasteiger partial charge is 0.220 e. The number of fused-ring (bicyclic) bond motifs is 5. The van der Waals surface area contributed by atoms with E-state index in [0.29, 0.717) is 16.7 Å². The van der Waals surface area contributed by atoms with Crippen LogP contribution < -0.4 is 5.32 Å². The molecule has 37 heavy (non-hydrogen) atoms. The second-order valence-electron chi connectivity index (χ2n) is 14.7. The molecular formula is C33H61IN2O. The van der Waals surface area contributed by atoms with E-state index in [1.807, 2.05) is 0 Å². The topological polar surface area (TPSA) is 32.3 Å². The number of rotatable bonds is 11. The van der Waals surface area contributed by atoms with Gasteiger partial charge in [0.05, 0.1) is 0 Å². The van der Waals surface area contributed by atoms with Gasteiger partial charge in [-0.2, -0.15) is 0 Å². The van der Waals surface area contributed by atoms with Crippen LogP contribution in [0.3, 0.4) is 0 Å². The summed E-state index contributed by atoms with van der Waals surface area (Å²) in [6.45, 7) is 12.1. The molecule has 3 nitrogen and oxygen atoms in total. The van der Waals surface area contributed by atoms with E-state index in [9.17, 15) is 4.79 Å². The van der Waals surface area contributed by atoms with E-state index in [1.165, 1.54) is 77.0 Å². The lowest BCUT2D eigenvalue weighted by Crippen LogP contribution is -2.53. The molecule has 0 aromatic rings. The lowest BCUT2D eigenvalue weighted by atomic mass is 9.44. The average Bonchev–Trinajstić information content (AvgIpc) is 3.21. The Kier molecular flexibility index (Phi) is 11.7. The molecule has 4 saturated carbocycles. The van der Waals surface area contributed by atoms with Gasteiger partial charge in [0.25, 0.3) is 0 Å². The highest BCUT2D eigenvalue weighted by atomic mass is 127. The fourth-order valence-corrected chi connectivity index (χ4v) is 10.3. The Morgan fingerprint density at radius 2 is 1.68 bits per heavy atom. The van der Waals surface area contributed by atoms with Crippen molar-refractivity contribution >= 4 is 29.9 Å². The first-order chi connectivity index (χ1) is 17.2. The van der Waals surface area contributed by atoms with E-state index in [4.69, 9.17) is 0 Å². The largest absolute Gasteiger partial charge is 0.356 e. The van der Waals surface area contributed by atoms with E-state index >= 15 is 0 Å². The van der Waals surface area contributed by atoms with E-state index in [2.05, 4.69) is 52.0 Å². The highest BCUT2D eigenvalue weighted by Crippen LogP contribution is 2.68. The fourth-order valence-electron chi connectivity index (χ4n) is 10.3. The number of hydrogen-bond acceptors (Lipinski definition) is 2. The van der Waals surface area contributed by atoms with Gasteiger partial charge in [0.2, 0.25) is 5.91 Å². The molecule has 4 rings (SSSR count). The maximum atomic E-state index is 12.7. The van der Waals surface area contributed by atoms with Crippen LogP contribution in [0.4, 0.5) is 0 Å². The van der Waals surface area contributed by atoms with Gasteiger partial charge in [0.15, 0.2) is 0 Å². The lowest BCUT2D eigenvalue weighted by molar-refractivity contribution is -0.122. The van der Waals surface area contributed by atoms with Crippen molar-refractivity contribution in [2.24, 2.45) is 52.3 Å². The summed E-state index contributed by atoms with van der Waals surface area (Å²) in [5.74, 6) is 6.47. The highest BCUT2D eigenvalue weighted by Gasteiger charge is 2.60. The van der Waals surface area contributed by atoms with Crippen molar-refractivity contribution in [1.29, 1.82) is 0 Å². The summed E-state index contributed by atoms with van der Waals surface area (Å²) in [5, 5.41) is 3.26. The molecule has 5 unspecified atom stereocenters. The second kappa shape index (κ2) is 13.7. The zero-order valence-electron chi connectivity index (χ0n) is 25.3. The minimum atomic E-state index is 0. The molecule has 0 spiro atoms. The molecule has 0 saturated heterocycles. The summed E-state index contributed by atoms with van der Waals surface area (Å²) in [7, 11) is 4.30. The first-order valence-electron chi connectivity index (χ1n) is 16.1. The van der Waals surface area contributed by atoms with Gasteiger partial charge in [-0.3, -0.25) is 4.79 Å². The van der Waals surface area contributed by atoms with Crippen molar-refractivity contribution in [3.05, 3.63) is 0 Å². The summed E-state index contributed by atoms with van der Waals surface area (Å²) in [6.07, 6.45) is 20.2. The molecule has 0 aliphatic heterocycles. The predicted octanol–water partition coefficient (Wildman–Crippen LogP) is 8.55. The summed E-state index contributed by atoms with van der Waals surface area (Å²) in [6, 6.07) is 0. The molecule has 0 heterocycles. The number of carbonyl (C=O) groups excluding carboxylic acids is 1. The third-order valence-electron chi connectivity index (χ3n) is 12.6. The maximum Gasteiger partial charge on any atom is 0.220 e. The Balaban J connectivity index is 0.00000380. The standard InChI is InChI=1S/C33H60N2O.HI/c1-7-25(19-23-35(5)6)18-22-34-31(36)16-11-24(2)28-14-15-29-27-13-12-26-10-8-9-20-32(26,3)30(27)17-21-33(28,29)4;/h24-30H,7-23H2,1-6H3,(H,34,36);1H/t24-,25?,26?,27?,28-,29?,30?,32+,33-;/m1./s1. The van der Waals surface area contributed by atoms with Gasteiger partial charge in [-0.15, -0.1) is 24.0 Å². The average molecular weight is 629 g/mol. The van der Waals surface area contributed by atoms with E-state index in [-0.39, 0.29) is 29.9 Å². The normalized spacial score (nSPS) is 38.6. The lowest BCUT2D eigenvalue weighted by Gasteiger charge is -2.61. The minimum Gasteiger partial charge on any atom is -0.356 e. The van der Waals surface area contributed by atoms with Crippen molar-refractivity contribution in [3.63, 3.8) is 0 Å². The number of halogens is 1. The summed E-state index contributed by atoms with van der Waals surface area (Å²) >= 11 is 0. The number of nitrogens with zero attached hydrogens (tertiary/aromatic N) is 1. The Morgan fingerprint density at radius 3 is 2.41 bits per heavy atom. The van der Waals surface area contributed by atoms with Crippen molar-refractivity contribution in [2.45, 2.75) is 124 Å².